The van der Waals surface area contributed by atoms with Gasteiger partial charge in [-0.2, -0.15) is 0 Å². The zero-order chi connectivity index (χ0) is 34.5. The number of hydrogen-bond donors (Lipinski definition) is 0. The van der Waals surface area contributed by atoms with Crippen LogP contribution >= 0.6 is 0 Å². The van der Waals surface area contributed by atoms with Gasteiger partial charge in [-0.1, -0.05) is 115 Å². The average Bonchev–Trinajstić information content (AvgIpc) is 3.36. The van der Waals surface area contributed by atoms with Gasteiger partial charge >= 0.3 is 0 Å². The molecule has 2 aliphatic rings. The van der Waals surface area contributed by atoms with Crippen LogP contribution in [0.3, 0.4) is 0 Å². The monoisotopic (exact) mass is 666 g/mol. The molecule has 5 heteroatoms. The molecule has 5 aromatic carbocycles. The first-order valence-corrected chi connectivity index (χ1v) is 17.4. The van der Waals surface area contributed by atoms with E-state index >= 15 is 0 Å². The van der Waals surface area contributed by atoms with Crippen LogP contribution in [0.1, 0.15) is 33.4 Å². The maximum absolute atomic E-state index is 6.61. The number of rotatable bonds is 4. The van der Waals surface area contributed by atoms with Crippen LogP contribution in [0.2, 0.25) is 0 Å². The Hall–Kier alpha value is -6.98. The Morgan fingerprint density at radius 2 is 1.06 bits per heavy atom. The first kappa shape index (κ1) is 29.9. The lowest BCUT2D eigenvalue weighted by Gasteiger charge is -2.42. The van der Waals surface area contributed by atoms with Crippen molar-refractivity contribution >= 4 is 12.2 Å². The summed E-state index contributed by atoms with van der Waals surface area (Å²) in [5.74, 6) is 2.32. The molecule has 0 saturated heterocycles. The molecule has 8 aromatic rings. The number of benzene rings is 5. The Kier molecular flexibility index (Phi) is 6.96. The molecule has 1 aliphatic heterocycles. The molecule has 0 amide bonds. The predicted octanol–water partition coefficient (Wildman–Crippen LogP) is 10.9. The molecule has 1 spiro atoms. The van der Waals surface area contributed by atoms with E-state index in [1.165, 1.54) is 16.7 Å². The summed E-state index contributed by atoms with van der Waals surface area (Å²) in [6, 6.07) is 52.7. The molecule has 0 radical (unpaired) electrons. The molecule has 1 aliphatic carbocycles. The zero-order valence-corrected chi connectivity index (χ0v) is 28.0. The number of nitrogens with zero attached hydrogens (tertiary/aromatic N) is 4. The van der Waals surface area contributed by atoms with Crippen LogP contribution in [-0.2, 0) is 5.41 Å². The summed E-state index contributed by atoms with van der Waals surface area (Å²) in [4.78, 5) is 19.4. The van der Waals surface area contributed by atoms with Gasteiger partial charge in [-0.05, 0) is 70.8 Å². The predicted molar refractivity (Wildman–Crippen MR) is 207 cm³/mol. The largest absolute Gasteiger partial charge is 0.457 e. The number of pyridine rings is 2. The number of fused-ring (bicyclic) bond motifs is 8. The van der Waals surface area contributed by atoms with Gasteiger partial charge in [-0.15, -0.1) is 0 Å². The van der Waals surface area contributed by atoms with Crippen LogP contribution in [0.15, 0.2) is 170 Å². The van der Waals surface area contributed by atoms with E-state index in [0.29, 0.717) is 5.82 Å². The Morgan fingerprint density at radius 3 is 1.77 bits per heavy atom. The van der Waals surface area contributed by atoms with Crippen LogP contribution in [-0.4, -0.2) is 19.9 Å². The van der Waals surface area contributed by atoms with Gasteiger partial charge in [0.1, 0.15) is 11.5 Å². The lowest BCUT2D eigenvalue weighted by Crippen LogP contribution is -2.35. The Morgan fingerprint density at radius 1 is 0.423 bits per heavy atom. The molecule has 10 rings (SSSR count). The van der Waals surface area contributed by atoms with Gasteiger partial charge in [0.2, 0.25) is 0 Å². The fourth-order valence-corrected chi connectivity index (χ4v) is 7.76. The Balaban J connectivity index is 1.21. The zero-order valence-electron chi connectivity index (χ0n) is 28.0. The van der Waals surface area contributed by atoms with E-state index in [-0.39, 0.29) is 0 Å². The van der Waals surface area contributed by atoms with Crippen molar-refractivity contribution in [2.45, 2.75) is 5.41 Å². The summed E-state index contributed by atoms with van der Waals surface area (Å²) in [5.41, 5.74) is 12.6. The van der Waals surface area contributed by atoms with Crippen LogP contribution in [0.25, 0.3) is 57.3 Å². The molecular formula is C47H30N4O. The van der Waals surface area contributed by atoms with Crippen molar-refractivity contribution in [3.8, 4) is 56.7 Å². The van der Waals surface area contributed by atoms with Gasteiger partial charge in [-0.25, -0.2) is 9.97 Å². The topological polar surface area (TPSA) is 60.8 Å². The fraction of sp³-hybridized carbons (Fsp3) is 0.0213. The minimum Gasteiger partial charge on any atom is -0.457 e. The molecule has 4 heterocycles. The highest BCUT2D eigenvalue weighted by molar-refractivity contribution is 5.85. The minimum atomic E-state index is -0.652. The maximum atomic E-state index is 6.61. The van der Waals surface area contributed by atoms with Crippen LogP contribution in [0, 0.1) is 0 Å². The van der Waals surface area contributed by atoms with Crippen molar-refractivity contribution in [1.29, 1.82) is 0 Å². The lowest BCUT2D eigenvalue weighted by atomic mass is 9.62. The summed E-state index contributed by atoms with van der Waals surface area (Å²) < 4.78 is 6.61. The summed E-state index contributed by atoms with van der Waals surface area (Å²) in [7, 11) is 0. The van der Waals surface area contributed by atoms with Crippen molar-refractivity contribution < 1.29 is 4.74 Å². The molecule has 0 fully saturated rings. The Bertz CT molecular complexity index is 2610. The minimum absolute atomic E-state index is 0.609. The van der Waals surface area contributed by atoms with Gasteiger partial charge < -0.3 is 4.74 Å². The van der Waals surface area contributed by atoms with Crippen molar-refractivity contribution in [2.24, 2.45) is 0 Å². The number of hydrogen-bond acceptors (Lipinski definition) is 5. The van der Waals surface area contributed by atoms with Gasteiger partial charge in [0.15, 0.2) is 5.82 Å². The third-order valence-corrected chi connectivity index (χ3v) is 10.1. The molecule has 0 unspecified atom stereocenters. The van der Waals surface area contributed by atoms with Gasteiger partial charge in [0, 0.05) is 52.0 Å². The van der Waals surface area contributed by atoms with Crippen molar-refractivity contribution in [1.82, 2.24) is 19.9 Å². The van der Waals surface area contributed by atoms with Gasteiger partial charge in [0.05, 0.1) is 22.5 Å². The average molecular weight is 667 g/mol. The summed E-state index contributed by atoms with van der Waals surface area (Å²) in [5, 5.41) is 0. The normalized spacial score (nSPS) is 13.2. The molecule has 0 saturated carbocycles. The molecule has 0 atom stereocenters. The number of aromatic nitrogens is 4. The highest BCUT2D eigenvalue weighted by Crippen LogP contribution is 2.58. The molecule has 244 valence electrons. The maximum Gasteiger partial charge on any atom is 0.161 e. The number of para-hydroxylation sites is 2. The van der Waals surface area contributed by atoms with E-state index in [2.05, 4.69) is 114 Å². The molecule has 0 bridgehead atoms. The smallest absolute Gasteiger partial charge is 0.161 e. The summed E-state index contributed by atoms with van der Waals surface area (Å²) in [6.07, 6.45) is 9.91. The number of ether oxygens (including phenoxy) is 1. The fourth-order valence-electron chi connectivity index (χ4n) is 7.76. The standard InChI is InChI=1S/C47H30N4O/c1-2-12-33(13-3-1)42-28-43(51-46(50-42)36-24-25-41(49-30-36)35-14-10-26-48-29-35)34-23-22-32-21-20-31-11-4-5-15-37(31)47(40(32)27-34)38-16-6-8-18-44(38)52-45-19-9-7-17-39(45)47/h1-30H. The third kappa shape index (κ3) is 4.78. The van der Waals surface area contributed by atoms with E-state index in [1.54, 1.807) is 6.20 Å². The van der Waals surface area contributed by atoms with Gasteiger partial charge in [0.25, 0.3) is 0 Å². The lowest BCUT2D eigenvalue weighted by molar-refractivity contribution is 0.434. The quantitative estimate of drug-likeness (QED) is 0.187. The van der Waals surface area contributed by atoms with Crippen molar-refractivity contribution in [2.75, 3.05) is 0 Å². The first-order valence-electron chi connectivity index (χ1n) is 17.4. The van der Waals surface area contributed by atoms with Gasteiger partial charge in [-0.3, -0.25) is 9.97 Å². The van der Waals surface area contributed by atoms with E-state index in [0.717, 1.165) is 67.5 Å². The molecule has 52 heavy (non-hydrogen) atoms. The Labute approximate surface area is 301 Å². The van der Waals surface area contributed by atoms with Crippen LogP contribution < -0.4 is 4.74 Å². The van der Waals surface area contributed by atoms with Crippen molar-refractivity contribution in [3.05, 3.63) is 204 Å². The second kappa shape index (κ2) is 12.1. The second-order valence-electron chi connectivity index (χ2n) is 13.1. The van der Waals surface area contributed by atoms with E-state index in [1.807, 2.05) is 67.0 Å². The van der Waals surface area contributed by atoms with Crippen LogP contribution in [0.5, 0.6) is 11.5 Å². The highest BCUT2D eigenvalue weighted by atomic mass is 16.5. The third-order valence-electron chi connectivity index (χ3n) is 10.1. The van der Waals surface area contributed by atoms with Crippen molar-refractivity contribution in [3.63, 3.8) is 0 Å². The highest BCUT2D eigenvalue weighted by Gasteiger charge is 2.47. The second-order valence-corrected chi connectivity index (χ2v) is 13.1. The van der Waals surface area contributed by atoms with E-state index in [9.17, 15) is 0 Å². The van der Waals surface area contributed by atoms with E-state index < -0.39 is 5.41 Å². The SMILES string of the molecule is C1=Cc2ccc(-c3cc(-c4ccccc4)nc(-c4ccc(-c5cccnc5)nc4)n3)cc2C2(c3ccccc31)c1ccccc1Oc1ccccc12. The van der Waals surface area contributed by atoms with E-state index in [4.69, 9.17) is 19.7 Å². The first-order chi connectivity index (χ1) is 25.8. The van der Waals surface area contributed by atoms with Crippen LogP contribution in [0.4, 0.5) is 0 Å². The molecule has 3 aromatic heterocycles. The molecular weight excluding hydrogens is 637 g/mol. The molecule has 5 nitrogen and oxygen atoms in total. The summed E-state index contributed by atoms with van der Waals surface area (Å²) in [6.45, 7) is 0. The summed E-state index contributed by atoms with van der Waals surface area (Å²) >= 11 is 0. The molecule has 0 N–H and O–H groups in total.